The van der Waals surface area contributed by atoms with Crippen LogP contribution in [0.3, 0.4) is 0 Å². The molecule has 4 saturated carbocycles. The molecule has 4 aliphatic rings. The molecule has 78 valence electrons. The number of fused-ring (bicyclic) bond motifs is 3. The van der Waals surface area contributed by atoms with Crippen molar-refractivity contribution < 1.29 is 0 Å². The van der Waals surface area contributed by atoms with E-state index in [2.05, 4.69) is 27.7 Å². The minimum Gasteiger partial charge on any atom is -0.0625 e. The highest BCUT2D eigenvalue weighted by Crippen LogP contribution is 2.97. The third-order valence-corrected chi connectivity index (χ3v) is 6.16. The minimum atomic E-state index is 0.733. The van der Waals surface area contributed by atoms with Crippen molar-refractivity contribution in [1.82, 2.24) is 0 Å². The van der Waals surface area contributed by atoms with Crippen LogP contribution in [0.4, 0.5) is 0 Å². The summed E-state index contributed by atoms with van der Waals surface area (Å²) in [6, 6.07) is 0. The summed E-state index contributed by atoms with van der Waals surface area (Å²) in [7, 11) is 0. The Morgan fingerprint density at radius 3 is 2.00 bits per heavy atom. The average molecular weight is 190 g/mol. The molecule has 0 aromatic carbocycles. The lowest BCUT2D eigenvalue weighted by molar-refractivity contribution is 0.325. The second-order valence-corrected chi connectivity index (χ2v) is 7.60. The Morgan fingerprint density at radius 1 is 1.00 bits per heavy atom. The van der Waals surface area contributed by atoms with E-state index in [0.29, 0.717) is 0 Å². The molecule has 4 fully saturated rings. The van der Waals surface area contributed by atoms with Gasteiger partial charge in [-0.25, -0.2) is 0 Å². The van der Waals surface area contributed by atoms with Crippen molar-refractivity contribution in [1.29, 1.82) is 0 Å². The van der Waals surface area contributed by atoms with Gasteiger partial charge in [-0.2, -0.15) is 0 Å². The first-order chi connectivity index (χ1) is 6.50. The summed E-state index contributed by atoms with van der Waals surface area (Å²) in [6.07, 6.45) is 3.16. The van der Waals surface area contributed by atoms with Crippen molar-refractivity contribution in [3.8, 4) is 0 Å². The van der Waals surface area contributed by atoms with Gasteiger partial charge in [0.15, 0.2) is 0 Å². The summed E-state index contributed by atoms with van der Waals surface area (Å²) < 4.78 is 0. The quantitative estimate of drug-likeness (QED) is 0.624. The second kappa shape index (κ2) is 1.83. The minimum absolute atomic E-state index is 0.733. The van der Waals surface area contributed by atoms with E-state index in [1.54, 1.807) is 6.42 Å². The molecule has 1 spiro atoms. The molecule has 4 aliphatic carbocycles. The van der Waals surface area contributed by atoms with Gasteiger partial charge in [-0.1, -0.05) is 27.7 Å². The van der Waals surface area contributed by atoms with E-state index >= 15 is 0 Å². The van der Waals surface area contributed by atoms with Crippen molar-refractivity contribution in [3.05, 3.63) is 0 Å². The van der Waals surface area contributed by atoms with Gasteiger partial charge in [-0.15, -0.1) is 0 Å². The molecule has 0 radical (unpaired) electrons. The van der Waals surface area contributed by atoms with Gasteiger partial charge in [0.2, 0.25) is 0 Å². The van der Waals surface area contributed by atoms with E-state index in [-0.39, 0.29) is 0 Å². The van der Waals surface area contributed by atoms with Gasteiger partial charge < -0.3 is 0 Å². The predicted octanol–water partition coefficient (Wildman–Crippen LogP) is 3.57. The molecular weight excluding hydrogens is 168 g/mol. The van der Waals surface area contributed by atoms with Gasteiger partial charge in [0.1, 0.15) is 0 Å². The maximum atomic E-state index is 2.47. The zero-order chi connectivity index (χ0) is 9.88. The van der Waals surface area contributed by atoms with E-state index < -0.39 is 0 Å². The van der Waals surface area contributed by atoms with Gasteiger partial charge in [0.25, 0.3) is 0 Å². The Labute approximate surface area is 87.5 Å². The maximum Gasteiger partial charge on any atom is -0.0195 e. The standard InChI is InChI=1S/C14H22/c1-7(2)10-11-12(10)14(11)6-9(14)8-5-13(8,3)4/h7-12H,5-6H2,1-4H3. The van der Waals surface area contributed by atoms with Crippen LogP contribution in [0.2, 0.25) is 0 Å². The fraction of sp³-hybridized carbons (Fsp3) is 1.00. The highest BCUT2D eigenvalue weighted by atomic mass is 15.0. The summed E-state index contributed by atoms with van der Waals surface area (Å²) in [5.74, 6) is 6.87. The van der Waals surface area contributed by atoms with Crippen LogP contribution in [0.25, 0.3) is 0 Å². The summed E-state index contributed by atoms with van der Waals surface area (Å²) in [5, 5.41) is 0. The Balaban J connectivity index is 1.42. The van der Waals surface area contributed by atoms with Crippen molar-refractivity contribution in [2.45, 2.75) is 40.5 Å². The van der Waals surface area contributed by atoms with E-state index in [9.17, 15) is 0 Å². The lowest BCUT2D eigenvalue weighted by atomic mass is 9.90. The summed E-state index contributed by atoms with van der Waals surface area (Å²) >= 11 is 0. The van der Waals surface area contributed by atoms with Crippen LogP contribution in [-0.2, 0) is 0 Å². The van der Waals surface area contributed by atoms with Crippen molar-refractivity contribution in [3.63, 3.8) is 0 Å². The average Bonchev–Trinajstić information content (AvgIpc) is 2.89. The van der Waals surface area contributed by atoms with Gasteiger partial charge in [-0.3, -0.25) is 0 Å². The van der Waals surface area contributed by atoms with Crippen LogP contribution in [0.5, 0.6) is 0 Å². The molecule has 4 atom stereocenters. The molecule has 0 heteroatoms. The van der Waals surface area contributed by atoms with Crippen LogP contribution in [0.15, 0.2) is 0 Å². The molecule has 0 aliphatic heterocycles. The Morgan fingerprint density at radius 2 is 1.57 bits per heavy atom. The first kappa shape index (κ1) is 8.19. The van der Waals surface area contributed by atoms with Crippen molar-refractivity contribution >= 4 is 0 Å². The largest absolute Gasteiger partial charge is 0.0625 e. The highest BCUT2D eigenvalue weighted by molar-refractivity contribution is 5.40. The molecule has 0 bridgehead atoms. The van der Waals surface area contributed by atoms with E-state index in [0.717, 1.165) is 28.6 Å². The Kier molecular flexibility index (Phi) is 1.07. The zero-order valence-electron chi connectivity index (χ0n) is 9.88. The van der Waals surface area contributed by atoms with Crippen molar-refractivity contribution in [2.75, 3.05) is 0 Å². The van der Waals surface area contributed by atoms with Crippen LogP contribution in [0, 0.1) is 46.3 Å². The lowest BCUT2D eigenvalue weighted by Gasteiger charge is -2.15. The third-order valence-electron chi connectivity index (χ3n) is 6.16. The number of hydrogen-bond acceptors (Lipinski definition) is 0. The normalized spacial score (nSPS) is 65.4. The molecule has 4 rings (SSSR count). The Bertz CT molecular complexity index is 302. The lowest BCUT2D eigenvalue weighted by Crippen LogP contribution is -2.10. The fourth-order valence-electron chi connectivity index (χ4n) is 5.08. The van der Waals surface area contributed by atoms with Crippen LogP contribution >= 0.6 is 0 Å². The molecule has 4 unspecified atom stereocenters. The van der Waals surface area contributed by atoms with Crippen LogP contribution in [-0.4, -0.2) is 0 Å². The number of rotatable bonds is 2. The van der Waals surface area contributed by atoms with Crippen molar-refractivity contribution in [2.24, 2.45) is 46.3 Å². The molecule has 0 N–H and O–H groups in total. The van der Waals surface area contributed by atoms with E-state index in [4.69, 9.17) is 0 Å². The Hall–Kier alpha value is 0. The summed E-state index contributed by atoms with van der Waals surface area (Å²) in [6.45, 7) is 9.78. The molecule has 0 amide bonds. The maximum absolute atomic E-state index is 2.47. The molecule has 0 aromatic rings. The number of hydrogen-bond donors (Lipinski definition) is 0. The topological polar surface area (TPSA) is 0 Å². The summed E-state index contributed by atoms with van der Waals surface area (Å²) in [5.41, 5.74) is 1.70. The smallest absolute Gasteiger partial charge is 0.0195 e. The second-order valence-electron chi connectivity index (χ2n) is 7.60. The third kappa shape index (κ3) is 0.686. The van der Waals surface area contributed by atoms with Crippen LogP contribution in [0.1, 0.15) is 40.5 Å². The van der Waals surface area contributed by atoms with E-state index in [1.165, 1.54) is 24.2 Å². The zero-order valence-corrected chi connectivity index (χ0v) is 9.88. The molecular formula is C14H22. The molecule has 0 saturated heterocycles. The summed E-state index contributed by atoms with van der Waals surface area (Å²) in [4.78, 5) is 0. The fourth-order valence-corrected chi connectivity index (χ4v) is 5.08. The molecule has 0 heterocycles. The van der Waals surface area contributed by atoms with Gasteiger partial charge >= 0.3 is 0 Å². The van der Waals surface area contributed by atoms with Gasteiger partial charge in [0, 0.05) is 0 Å². The molecule has 14 heavy (non-hydrogen) atoms. The molecule has 0 nitrogen and oxygen atoms in total. The van der Waals surface area contributed by atoms with E-state index in [1.807, 2.05) is 0 Å². The van der Waals surface area contributed by atoms with Gasteiger partial charge in [0.05, 0.1) is 0 Å². The van der Waals surface area contributed by atoms with Gasteiger partial charge in [-0.05, 0) is 59.2 Å². The highest BCUT2D eigenvalue weighted by Gasteiger charge is 2.93. The van der Waals surface area contributed by atoms with Crippen LogP contribution < -0.4 is 0 Å². The monoisotopic (exact) mass is 190 g/mol. The first-order valence-corrected chi connectivity index (χ1v) is 6.50. The molecule has 0 aromatic heterocycles. The SMILES string of the molecule is CC(C)C1C2C1C21CC1C1CC1(C)C. The predicted molar refractivity (Wildman–Crippen MR) is 57.7 cm³/mol. The first-order valence-electron chi connectivity index (χ1n) is 6.50.